The van der Waals surface area contributed by atoms with E-state index < -0.39 is 5.97 Å². The zero-order chi connectivity index (χ0) is 13.5. The summed E-state index contributed by atoms with van der Waals surface area (Å²) in [6.07, 6.45) is 0.140. The predicted molar refractivity (Wildman–Crippen MR) is 67.9 cm³/mol. The van der Waals surface area contributed by atoms with Gasteiger partial charge in [-0.3, -0.25) is 9.59 Å². The Balaban J connectivity index is 2.56. The Morgan fingerprint density at radius 2 is 1.94 bits per heavy atom. The first-order valence-electron chi connectivity index (χ1n) is 5.81. The second kappa shape index (κ2) is 6.76. The van der Waals surface area contributed by atoms with Gasteiger partial charge in [-0.15, -0.1) is 0 Å². The molecule has 0 bridgehead atoms. The molecule has 0 spiro atoms. The summed E-state index contributed by atoms with van der Waals surface area (Å²) in [5, 5.41) is 11.3. The SMILES string of the molecule is CC(CC(=O)O)NC(=O)Cc1ccccc1CN. The zero-order valence-corrected chi connectivity index (χ0v) is 10.3. The minimum Gasteiger partial charge on any atom is -0.481 e. The lowest BCUT2D eigenvalue weighted by Crippen LogP contribution is -2.35. The van der Waals surface area contributed by atoms with Crippen LogP contribution in [0, 0.1) is 0 Å². The van der Waals surface area contributed by atoms with Crippen molar-refractivity contribution in [3.63, 3.8) is 0 Å². The second-order valence-corrected chi connectivity index (χ2v) is 4.22. The predicted octanol–water partition coefficient (Wildman–Crippen LogP) is 0.667. The van der Waals surface area contributed by atoms with Gasteiger partial charge in [-0.1, -0.05) is 24.3 Å². The van der Waals surface area contributed by atoms with Gasteiger partial charge in [-0.2, -0.15) is 0 Å². The molecule has 1 amide bonds. The minimum absolute atomic E-state index is 0.0791. The lowest BCUT2D eigenvalue weighted by Gasteiger charge is -2.12. The number of nitrogens with two attached hydrogens (primary N) is 1. The number of nitrogens with one attached hydrogen (secondary N) is 1. The van der Waals surface area contributed by atoms with Crippen molar-refractivity contribution in [3.8, 4) is 0 Å². The summed E-state index contributed by atoms with van der Waals surface area (Å²) in [7, 11) is 0. The number of hydrogen-bond acceptors (Lipinski definition) is 3. The van der Waals surface area contributed by atoms with Gasteiger partial charge in [-0.25, -0.2) is 0 Å². The van der Waals surface area contributed by atoms with Crippen LogP contribution in [0.5, 0.6) is 0 Å². The third kappa shape index (κ3) is 4.55. The average molecular weight is 250 g/mol. The number of carboxylic acids is 1. The summed E-state index contributed by atoms with van der Waals surface area (Å²) in [6, 6.07) is 7.08. The number of aliphatic carboxylic acids is 1. The minimum atomic E-state index is -0.926. The van der Waals surface area contributed by atoms with Crippen LogP contribution < -0.4 is 11.1 Å². The number of hydrogen-bond donors (Lipinski definition) is 3. The molecule has 5 heteroatoms. The highest BCUT2D eigenvalue weighted by Crippen LogP contribution is 2.08. The lowest BCUT2D eigenvalue weighted by atomic mass is 10.0. The number of carbonyl (C=O) groups is 2. The fraction of sp³-hybridized carbons (Fsp3) is 0.385. The third-order valence-electron chi connectivity index (χ3n) is 2.58. The van der Waals surface area contributed by atoms with Crippen LogP contribution in [-0.2, 0) is 22.6 Å². The van der Waals surface area contributed by atoms with Crippen molar-refractivity contribution in [2.75, 3.05) is 0 Å². The molecule has 0 radical (unpaired) electrons. The van der Waals surface area contributed by atoms with Gasteiger partial charge in [0.05, 0.1) is 12.8 Å². The van der Waals surface area contributed by atoms with Gasteiger partial charge >= 0.3 is 5.97 Å². The van der Waals surface area contributed by atoms with Crippen molar-refractivity contribution < 1.29 is 14.7 Å². The molecule has 1 atom stereocenters. The molecule has 0 aliphatic rings. The smallest absolute Gasteiger partial charge is 0.305 e. The van der Waals surface area contributed by atoms with Crippen LogP contribution in [0.1, 0.15) is 24.5 Å². The largest absolute Gasteiger partial charge is 0.481 e. The Morgan fingerprint density at radius 3 is 2.50 bits per heavy atom. The molecule has 0 fully saturated rings. The summed E-state index contributed by atoms with van der Waals surface area (Å²) in [6.45, 7) is 2.05. The average Bonchev–Trinajstić information content (AvgIpc) is 2.28. The Labute approximate surface area is 106 Å². The van der Waals surface area contributed by atoms with Crippen LogP contribution in [0.4, 0.5) is 0 Å². The van der Waals surface area contributed by atoms with E-state index >= 15 is 0 Å². The Kier molecular flexibility index (Phi) is 5.32. The number of carbonyl (C=O) groups excluding carboxylic acids is 1. The highest BCUT2D eigenvalue weighted by atomic mass is 16.4. The molecule has 18 heavy (non-hydrogen) atoms. The van der Waals surface area contributed by atoms with Crippen LogP contribution in [-0.4, -0.2) is 23.0 Å². The molecule has 98 valence electrons. The zero-order valence-electron chi connectivity index (χ0n) is 10.3. The first-order chi connectivity index (χ1) is 8.52. The summed E-state index contributed by atoms with van der Waals surface area (Å²) in [5.74, 6) is -1.12. The number of benzene rings is 1. The molecule has 0 saturated heterocycles. The fourth-order valence-electron chi connectivity index (χ4n) is 1.74. The molecule has 0 heterocycles. The van der Waals surface area contributed by atoms with Crippen LogP contribution in [0.2, 0.25) is 0 Å². The highest BCUT2D eigenvalue weighted by Gasteiger charge is 2.12. The molecule has 4 N–H and O–H groups in total. The molecular weight excluding hydrogens is 232 g/mol. The van der Waals surface area contributed by atoms with Gasteiger partial charge < -0.3 is 16.2 Å². The Morgan fingerprint density at radius 1 is 1.33 bits per heavy atom. The molecule has 1 aromatic rings. The first kappa shape index (κ1) is 14.2. The molecule has 1 aromatic carbocycles. The standard InChI is InChI=1S/C13H18N2O3/c1-9(6-13(17)18)15-12(16)7-10-4-2-3-5-11(10)8-14/h2-5,9H,6-8,14H2,1H3,(H,15,16)(H,17,18). The van der Waals surface area contributed by atoms with E-state index in [-0.39, 0.29) is 24.8 Å². The van der Waals surface area contributed by atoms with Gasteiger partial charge in [0.15, 0.2) is 0 Å². The van der Waals surface area contributed by atoms with Crippen molar-refractivity contribution in [1.29, 1.82) is 0 Å². The second-order valence-electron chi connectivity index (χ2n) is 4.22. The van der Waals surface area contributed by atoms with Crippen molar-refractivity contribution in [3.05, 3.63) is 35.4 Å². The van der Waals surface area contributed by atoms with Gasteiger partial charge in [0.2, 0.25) is 5.91 Å². The molecule has 1 unspecified atom stereocenters. The normalized spacial score (nSPS) is 11.9. The van der Waals surface area contributed by atoms with E-state index in [1.54, 1.807) is 6.92 Å². The van der Waals surface area contributed by atoms with E-state index in [4.69, 9.17) is 10.8 Å². The number of amides is 1. The van der Waals surface area contributed by atoms with E-state index in [2.05, 4.69) is 5.32 Å². The van der Waals surface area contributed by atoms with Crippen molar-refractivity contribution in [2.24, 2.45) is 5.73 Å². The summed E-state index contributed by atoms with van der Waals surface area (Å²) >= 11 is 0. The number of carboxylic acid groups (broad SMARTS) is 1. The molecule has 1 rings (SSSR count). The van der Waals surface area contributed by atoms with Crippen LogP contribution in [0.3, 0.4) is 0 Å². The van der Waals surface area contributed by atoms with E-state index in [9.17, 15) is 9.59 Å². The lowest BCUT2D eigenvalue weighted by molar-refractivity contribution is -0.137. The summed E-state index contributed by atoms with van der Waals surface area (Å²) in [4.78, 5) is 22.2. The molecule has 5 nitrogen and oxygen atoms in total. The third-order valence-corrected chi connectivity index (χ3v) is 2.58. The van der Waals surface area contributed by atoms with Crippen LogP contribution >= 0.6 is 0 Å². The van der Waals surface area contributed by atoms with Gasteiger partial charge in [0, 0.05) is 12.6 Å². The van der Waals surface area contributed by atoms with Gasteiger partial charge in [-0.05, 0) is 18.1 Å². The van der Waals surface area contributed by atoms with Crippen molar-refractivity contribution in [1.82, 2.24) is 5.32 Å². The van der Waals surface area contributed by atoms with E-state index in [0.717, 1.165) is 11.1 Å². The molecule has 0 saturated carbocycles. The van der Waals surface area contributed by atoms with E-state index in [1.807, 2.05) is 24.3 Å². The van der Waals surface area contributed by atoms with E-state index in [1.165, 1.54) is 0 Å². The first-order valence-corrected chi connectivity index (χ1v) is 5.81. The van der Waals surface area contributed by atoms with Crippen LogP contribution in [0.25, 0.3) is 0 Å². The molecule has 0 aromatic heterocycles. The quantitative estimate of drug-likeness (QED) is 0.691. The maximum absolute atomic E-state index is 11.7. The number of rotatable bonds is 6. The maximum atomic E-state index is 11.7. The van der Waals surface area contributed by atoms with Gasteiger partial charge in [0.1, 0.15) is 0 Å². The fourth-order valence-corrected chi connectivity index (χ4v) is 1.74. The summed E-state index contributed by atoms with van der Waals surface area (Å²) in [5.41, 5.74) is 7.39. The monoisotopic (exact) mass is 250 g/mol. The van der Waals surface area contributed by atoms with Crippen molar-refractivity contribution >= 4 is 11.9 Å². The summed E-state index contributed by atoms with van der Waals surface area (Å²) < 4.78 is 0. The van der Waals surface area contributed by atoms with Gasteiger partial charge in [0.25, 0.3) is 0 Å². The molecular formula is C13H18N2O3. The molecule has 0 aliphatic carbocycles. The Hall–Kier alpha value is -1.88. The van der Waals surface area contributed by atoms with Crippen molar-refractivity contribution in [2.45, 2.75) is 32.4 Å². The molecule has 0 aliphatic heterocycles. The highest BCUT2D eigenvalue weighted by molar-refractivity contribution is 5.80. The topological polar surface area (TPSA) is 92.4 Å². The van der Waals surface area contributed by atoms with Crippen LogP contribution in [0.15, 0.2) is 24.3 Å². The Bertz CT molecular complexity index is 432. The maximum Gasteiger partial charge on any atom is 0.305 e. The van der Waals surface area contributed by atoms with E-state index in [0.29, 0.717) is 6.54 Å².